The standard InChI is InChI=1S/C17H26O6S/c1-10(2)14(18)21-7-8-22-17(6)15(4)9-12-13(11(15)3)16(17,5)23-24(12,19)20/h11-13H,1,7-9H2,2-6H3. The van der Waals surface area contributed by atoms with Crippen molar-refractivity contribution in [3.8, 4) is 0 Å². The predicted molar refractivity (Wildman–Crippen MR) is 87.7 cm³/mol. The molecule has 136 valence electrons. The molecule has 3 fully saturated rings. The fourth-order valence-corrected chi connectivity index (χ4v) is 7.61. The lowest BCUT2D eigenvalue weighted by molar-refractivity contribution is -0.198. The molecule has 3 rings (SSSR count). The van der Waals surface area contributed by atoms with Crippen molar-refractivity contribution in [1.29, 1.82) is 0 Å². The molecule has 6 unspecified atom stereocenters. The van der Waals surface area contributed by atoms with Crippen LogP contribution in [0.4, 0.5) is 0 Å². The summed E-state index contributed by atoms with van der Waals surface area (Å²) in [4.78, 5) is 11.5. The molecular formula is C17H26O6S. The first-order chi connectivity index (χ1) is 10.9. The van der Waals surface area contributed by atoms with Crippen LogP contribution < -0.4 is 0 Å². The van der Waals surface area contributed by atoms with Gasteiger partial charge in [-0.05, 0) is 33.1 Å². The van der Waals surface area contributed by atoms with Crippen LogP contribution in [0.2, 0.25) is 0 Å². The molecule has 2 aliphatic carbocycles. The van der Waals surface area contributed by atoms with Crippen LogP contribution in [0, 0.1) is 17.3 Å². The van der Waals surface area contributed by atoms with Gasteiger partial charge in [0, 0.05) is 16.9 Å². The molecule has 1 heterocycles. The van der Waals surface area contributed by atoms with Crippen LogP contribution in [-0.2, 0) is 28.6 Å². The average Bonchev–Trinajstić information content (AvgIpc) is 2.89. The van der Waals surface area contributed by atoms with Crippen molar-refractivity contribution in [2.24, 2.45) is 17.3 Å². The fourth-order valence-electron chi connectivity index (χ4n) is 5.33. The minimum atomic E-state index is -3.56. The van der Waals surface area contributed by atoms with Crippen LogP contribution in [0.15, 0.2) is 12.2 Å². The van der Waals surface area contributed by atoms with Crippen LogP contribution in [0.3, 0.4) is 0 Å². The van der Waals surface area contributed by atoms with E-state index in [-0.39, 0.29) is 30.5 Å². The number of carbonyl (C=O) groups excluding carboxylic acids is 1. The molecule has 1 saturated heterocycles. The van der Waals surface area contributed by atoms with Gasteiger partial charge in [-0.1, -0.05) is 20.4 Å². The Morgan fingerprint density at radius 2 is 1.92 bits per heavy atom. The largest absolute Gasteiger partial charge is 0.460 e. The van der Waals surface area contributed by atoms with E-state index >= 15 is 0 Å². The maximum atomic E-state index is 12.4. The average molecular weight is 358 g/mol. The molecule has 24 heavy (non-hydrogen) atoms. The number of ether oxygens (including phenoxy) is 2. The lowest BCUT2D eigenvalue weighted by atomic mass is 9.66. The lowest BCUT2D eigenvalue weighted by Gasteiger charge is -2.49. The molecule has 0 N–H and O–H groups in total. The van der Waals surface area contributed by atoms with Crippen molar-refractivity contribution >= 4 is 16.1 Å². The van der Waals surface area contributed by atoms with Gasteiger partial charge in [-0.3, -0.25) is 4.18 Å². The van der Waals surface area contributed by atoms with E-state index in [2.05, 4.69) is 20.4 Å². The smallest absolute Gasteiger partial charge is 0.333 e. The molecule has 2 saturated carbocycles. The van der Waals surface area contributed by atoms with Gasteiger partial charge in [0.1, 0.15) is 17.8 Å². The van der Waals surface area contributed by atoms with Crippen LogP contribution in [0.5, 0.6) is 0 Å². The second-order valence-corrected chi connectivity index (χ2v) is 9.71. The summed E-state index contributed by atoms with van der Waals surface area (Å²) in [5.41, 5.74) is -1.62. The van der Waals surface area contributed by atoms with Gasteiger partial charge in [0.15, 0.2) is 0 Å². The van der Waals surface area contributed by atoms with E-state index in [1.165, 1.54) is 0 Å². The summed E-state index contributed by atoms with van der Waals surface area (Å²) < 4.78 is 41.6. The quantitative estimate of drug-likeness (QED) is 0.324. The van der Waals surface area contributed by atoms with Crippen molar-refractivity contribution in [3.63, 3.8) is 0 Å². The van der Waals surface area contributed by atoms with Gasteiger partial charge >= 0.3 is 5.97 Å². The first-order valence-corrected chi connectivity index (χ1v) is 9.79. The molecule has 0 aromatic heterocycles. The molecule has 3 aliphatic rings. The summed E-state index contributed by atoms with van der Waals surface area (Å²) >= 11 is 0. The SMILES string of the molecule is C=C(C)C(=O)OCCOC1(C)C2(C)CC3C(C2C)C1(C)OS3(=O)=O. The zero-order valence-corrected chi connectivity index (χ0v) is 15.7. The Hall–Kier alpha value is -0.920. The molecule has 0 amide bonds. The van der Waals surface area contributed by atoms with Gasteiger partial charge in [0.05, 0.1) is 11.9 Å². The van der Waals surface area contributed by atoms with E-state index < -0.39 is 32.5 Å². The second kappa shape index (κ2) is 5.05. The van der Waals surface area contributed by atoms with Gasteiger partial charge in [-0.15, -0.1) is 0 Å². The minimum absolute atomic E-state index is 0.0736. The summed E-state index contributed by atoms with van der Waals surface area (Å²) in [7, 11) is -3.56. The highest BCUT2D eigenvalue weighted by Crippen LogP contribution is 2.74. The van der Waals surface area contributed by atoms with E-state index in [1.807, 2.05) is 13.8 Å². The zero-order valence-electron chi connectivity index (χ0n) is 14.9. The third-order valence-electron chi connectivity index (χ3n) is 6.96. The van der Waals surface area contributed by atoms with E-state index in [1.54, 1.807) is 6.92 Å². The Kier molecular flexibility index (Phi) is 3.76. The monoisotopic (exact) mass is 358 g/mol. The van der Waals surface area contributed by atoms with E-state index in [0.29, 0.717) is 12.0 Å². The highest BCUT2D eigenvalue weighted by molar-refractivity contribution is 7.87. The molecule has 2 bridgehead atoms. The second-order valence-electron chi connectivity index (χ2n) is 7.96. The van der Waals surface area contributed by atoms with E-state index in [0.717, 1.165) is 0 Å². The fraction of sp³-hybridized carbons (Fsp3) is 0.824. The Balaban J connectivity index is 1.80. The molecule has 0 aromatic rings. The molecule has 1 aliphatic heterocycles. The van der Waals surface area contributed by atoms with Crippen molar-refractivity contribution in [3.05, 3.63) is 12.2 Å². The normalized spacial score (nSPS) is 47.8. The first kappa shape index (κ1) is 17.9. The van der Waals surface area contributed by atoms with Gasteiger partial charge in [-0.25, -0.2) is 4.79 Å². The summed E-state index contributed by atoms with van der Waals surface area (Å²) in [6, 6.07) is 0. The van der Waals surface area contributed by atoms with Crippen LogP contribution in [-0.4, -0.2) is 44.1 Å². The lowest BCUT2D eigenvalue weighted by Crippen LogP contribution is -2.60. The van der Waals surface area contributed by atoms with Crippen LogP contribution in [0.25, 0.3) is 0 Å². The van der Waals surface area contributed by atoms with Gasteiger partial charge in [0.2, 0.25) is 0 Å². The highest BCUT2D eigenvalue weighted by Gasteiger charge is 2.83. The van der Waals surface area contributed by atoms with Gasteiger partial charge in [0.25, 0.3) is 10.1 Å². The molecular weight excluding hydrogens is 332 g/mol. The number of rotatable bonds is 5. The Bertz CT molecular complexity index is 700. The van der Waals surface area contributed by atoms with E-state index in [9.17, 15) is 13.2 Å². The molecule has 7 heteroatoms. The maximum absolute atomic E-state index is 12.4. The molecule has 0 radical (unpaired) electrons. The number of carbonyl (C=O) groups is 1. The number of esters is 1. The Morgan fingerprint density at radius 1 is 1.29 bits per heavy atom. The number of hydrogen-bond donors (Lipinski definition) is 0. The van der Waals surface area contributed by atoms with Crippen LogP contribution in [0.1, 0.15) is 41.0 Å². The third kappa shape index (κ3) is 1.95. The highest BCUT2D eigenvalue weighted by atomic mass is 32.2. The topological polar surface area (TPSA) is 78.9 Å². The van der Waals surface area contributed by atoms with Gasteiger partial charge < -0.3 is 9.47 Å². The van der Waals surface area contributed by atoms with Crippen molar-refractivity contribution in [2.45, 2.75) is 57.5 Å². The van der Waals surface area contributed by atoms with Gasteiger partial charge in [-0.2, -0.15) is 8.42 Å². The third-order valence-corrected chi connectivity index (χ3v) is 8.74. The van der Waals surface area contributed by atoms with Crippen molar-refractivity contribution in [2.75, 3.05) is 13.2 Å². The summed E-state index contributed by atoms with van der Waals surface area (Å²) in [5.74, 6) is -0.356. The zero-order chi connectivity index (χ0) is 18.1. The Morgan fingerprint density at radius 3 is 2.50 bits per heavy atom. The van der Waals surface area contributed by atoms with E-state index in [4.69, 9.17) is 13.7 Å². The van der Waals surface area contributed by atoms with Crippen molar-refractivity contribution < 1.29 is 26.9 Å². The molecule has 0 aromatic carbocycles. The summed E-state index contributed by atoms with van der Waals surface area (Å²) in [5, 5.41) is -0.444. The Labute approximate surface area is 143 Å². The predicted octanol–water partition coefficient (Wildman–Crippen LogP) is 2.04. The molecule has 6 atom stereocenters. The molecule has 6 nitrogen and oxygen atoms in total. The number of hydrogen-bond acceptors (Lipinski definition) is 6. The van der Waals surface area contributed by atoms with Crippen LogP contribution >= 0.6 is 0 Å². The minimum Gasteiger partial charge on any atom is -0.460 e. The van der Waals surface area contributed by atoms with Crippen molar-refractivity contribution in [1.82, 2.24) is 0 Å². The maximum Gasteiger partial charge on any atom is 0.333 e. The molecule has 0 spiro atoms. The summed E-state index contributed by atoms with van der Waals surface area (Å²) in [6.45, 7) is 13.4. The number of fused-ring (bicyclic) bond motifs is 1. The first-order valence-electron chi connectivity index (χ1n) is 8.32. The summed E-state index contributed by atoms with van der Waals surface area (Å²) in [6.07, 6.45) is 0.540.